The number of benzene rings is 2. The predicted octanol–water partition coefficient (Wildman–Crippen LogP) is 6.51. The van der Waals surface area contributed by atoms with Crippen LogP contribution in [-0.2, 0) is 0 Å². The molecule has 150 valence electrons. The third-order valence-electron chi connectivity index (χ3n) is 5.43. The van der Waals surface area contributed by atoms with E-state index in [9.17, 15) is 0 Å². The summed E-state index contributed by atoms with van der Waals surface area (Å²) in [6.45, 7) is 8.39. The van der Waals surface area contributed by atoms with Gasteiger partial charge in [-0.05, 0) is 87.0 Å². The van der Waals surface area contributed by atoms with Gasteiger partial charge in [0, 0.05) is 6.54 Å². The van der Waals surface area contributed by atoms with E-state index < -0.39 is 0 Å². The maximum Gasteiger partial charge on any atom is 0.122 e. The van der Waals surface area contributed by atoms with Crippen LogP contribution in [0, 0.1) is 26.7 Å². The van der Waals surface area contributed by atoms with Crippen molar-refractivity contribution in [1.29, 1.82) is 0 Å². The topological polar surface area (TPSA) is 12.5 Å². The standard InChI is InChI=1S/C22H27Cl2NO.C2H2/c1-16-5-3-6-22(17(16)2)26-14-4-11-25-12-9-18(10-13-25)19-7-8-20(23)21(24)15-19;1-2/h3,5-8,15,18H,4,9-14H2,1-2H3;1-2H. The quantitative estimate of drug-likeness (QED) is 0.392. The Bertz CT molecular complexity index is 779. The smallest absolute Gasteiger partial charge is 0.122 e. The minimum Gasteiger partial charge on any atom is -0.493 e. The Morgan fingerprint density at radius 2 is 1.75 bits per heavy atom. The summed E-state index contributed by atoms with van der Waals surface area (Å²) in [6, 6.07) is 12.3. The summed E-state index contributed by atoms with van der Waals surface area (Å²) in [4.78, 5) is 2.54. The number of aryl methyl sites for hydroxylation is 1. The Kier molecular flexibility index (Phi) is 9.19. The Morgan fingerprint density at radius 1 is 1.04 bits per heavy atom. The molecule has 0 spiro atoms. The van der Waals surface area contributed by atoms with E-state index in [2.05, 4.69) is 55.9 Å². The van der Waals surface area contributed by atoms with Crippen LogP contribution >= 0.6 is 23.2 Å². The summed E-state index contributed by atoms with van der Waals surface area (Å²) in [5.74, 6) is 1.61. The summed E-state index contributed by atoms with van der Waals surface area (Å²) >= 11 is 12.2. The fourth-order valence-electron chi connectivity index (χ4n) is 3.61. The van der Waals surface area contributed by atoms with Gasteiger partial charge in [0.25, 0.3) is 0 Å². The number of hydrogen-bond acceptors (Lipinski definition) is 2. The first kappa shape index (κ1) is 22.6. The summed E-state index contributed by atoms with van der Waals surface area (Å²) < 4.78 is 5.97. The van der Waals surface area contributed by atoms with Crippen molar-refractivity contribution in [2.24, 2.45) is 0 Å². The Labute approximate surface area is 179 Å². The lowest BCUT2D eigenvalue weighted by Gasteiger charge is -2.32. The Morgan fingerprint density at radius 3 is 2.43 bits per heavy atom. The fourth-order valence-corrected chi connectivity index (χ4v) is 3.91. The number of nitrogens with zero attached hydrogens (tertiary/aromatic N) is 1. The Balaban J connectivity index is 0.00000136. The molecule has 2 nitrogen and oxygen atoms in total. The molecule has 0 unspecified atom stereocenters. The van der Waals surface area contributed by atoms with Crippen molar-refractivity contribution in [1.82, 2.24) is 4.90 Å². The summed E-state index contributed by atoms with van der Waals surface area (Å²) in [5, 5.41) is 1.30. The Hall–Kier alpha value is -1.66. The summed E-state index contributed by atoms with van der Waals surface area (Å²) in [6.07, 6.45) is 11.4. The summed E-state index contributed by atoms with van der Waals surface area (Å²) in [7, 11) is 0. The van der Waals surface area contributed by atoms with Gasteiger partial charge in [0.15, 0.2) is 0 Å². The van der Waals surface area contributed by atoms with Gasteiger partial charge in [0.05, 0.1) is 16.7 Å². The van der Waals surface area contributed by atoms with E-state index in [0.29, 0.717) is 16.0 Å². The van der Waals surface area contributed by atoms with Gasteiger partial charge in [0.1, 0.15) is 5.75 Å². The first-order valence-electron chi connectivity index (χ1n) is 9.74. The molecule has 0 saturated carbocycles. The highest BCUT2D eigenvalue weighted by Gasteiger charge is 2.20. The van der Waals surface area contributed by atoms with Gasteiger partial charge < -0.3 is 9.64 Å². The molecule has 1 fully saturated rings. The molecule has 1 heterocycles. The van der Waals surface area contributed by atoms with Gasteiger partial charge in [-0.2, -0.15) is 0 Å². The van der Waals surface area contributed by atoms with Crippen molar-refractivity contribution in [3.63, 3.8) is 0 Å². The maximum atomic E-state index is 6.16. The second-order valence-corrected chi connectivity index (χ2v) is 8.00. The van der Waals surface area contributed by atoms with Gasteiger partial charge in [0.2, 0.25) is 0 Å². The van der Waals surface area contributed by atoms with Gasteiger partial charge in [-0.1, -0.05) is 41.4 Å². The average molecular weight is 418 g/mol. The largest absolute Gasteiger partial charge is 0.493 e. The number of ether oxygens (including phenoxy) is 1. The van der Waals surface area contributed by atoms with E-state index in [1.54, 1.807) is 0 Å². The van der Waals surface area contributed by atoms with Gasteiger partial charge >= 0.3 is 0 Å². The van der Waals surface area contributed by atoms with Crippen LogP contribution in [0.15, 0.2) is 36.4 Å². The second-order valence-electron chi connectivity index (χ2n) is 7.19. The summed E-state index contributed by atoms with van der Waals surface area (Å²) in [5.41, 5.74) is 3.85. The second kappa shape index (κ2) is 11.4. The van der Waals surface area contributed by atoms with Crippen molar-refractivity contribution in [3.8, 4) is 18.6 Å². The normalized spacial score (nSPS) is 14.9. The number of halogens is 2. The minimum absolute atomic E-state index is 0.590. The van der Waals surface area contributed by atoms with Gasteiger partial charge in [-0.25, -0.2) is 0 Å². The van der Waals surface area contributed by atoms with E-state index in [-0.39, 0.29) is 0 Å². The number of likely N-dealkylation sites (tertiary alicyclic amines) is 1. The van der Waals surface area contributed by atoms with Crippen LogP contribution in [0.4, 0.5) is 0 Å². The van der Waals surface area contributed by atoms with Crippen LogP contribution in [0.1, 0.15) is 41.9 Å². The zero-order valence-corrected chi connectivity index (χ0v) is 18.3. The molecule has 0 N–H and O–H groups in total. The molecule has 0 radical (unpaired) electrons. The number of piperidine rings is 1. The zero-order valence-electron chi connectivity index (χ0n) is 16.8. The molecule has 28 heavy (non-hydrogen) atoms. The van der Waals surface area contributed by atoms with Crippen molar-refractivity contribution in [2.45, 2.75) is 39.0 Å². The molecular weight excluding hydrogens is 389 g/mol. The van der Waals surface area contributed by atoms with Crippen LogP contribution in [0.2, 0.25) is 10.0 Å². The molecule has 0 amide bonds. The van der Waals surface area contributed by atoms with Crippen LogP contribution in [0.25, 0.3) is 0 Å². The SMILES string of the molecule is C#C.Cc1cccc(OCCCN2CCC(c3ccc(Cl)c(Cl)c3)CC2)c1C. The number of hydrogen-bond donors (Lipinski definition) is 0. The molecule has 0 aromatic heterocycles. The zero-order chi connectivity index (χ0) is 20.5. The van der Waals surface area contributed by atoms with E-state index in [4.69, 9.17) is 27.9 Å². The van der Waals surface area contributed by atoms with Crippen LogP contribution in [0.3, 0.4) is 0 Å². The molecule has 0 atom stereocenters. The third-order valence-corrected chi connectivity index (χ3v) is 6.17. The first-order chi connectivity index (χ1) is 13.5. The molecular formula is C24H29Cl2NO. The van der Waals surface area contributed by atoms with E-state index in [1.165, 1.54) is 29.5 Å². The van der Waals surface area contributed by atoms with Gasteiger partial charge in [-0.15, -0.1) is 12.8 Å². The van der Waals surface area contributed by atoms with Crippen molar-refractivity contribution < 1.29 is 4.74 Å². The molecule has 0 aliphatic carbocycles. The lowest BCUT2D eigenvalue weighted by atomic mass is 9.89. The molecule has 3 rings (SSSR count). The molecule has 0 bridgehead atoms. The molecule has 2 aromatic carbocycles. The highest BCUT2D eigenvalue weighted by Crippen LogP contribution is 2.32. The average Bonchev–Trinajstić information content (AvgIpc) is 2.72. The van der Waals surface area contributed by atoms with Crippen molar-refractivity contribution in [3.05, 3.63) is 63.1 Å². The molecule has 1 saturated heterocycles. The maximum absolute atomic E-state index is 6.16. The van der Waals surface area contributed by atoms with Crippen LogP contribution in [-0.4, -0.2) is 31.1 Å². The van der Waals surface area contributed by atoms with E-state index in [0.717, 1.165) is 38.4 Å². The fraction of sp³-hybridized carbons (Fsp3) is 0.417. The predicted molar refractivity (Wildman–Crippen MR) is 121 cm³/mol. The number of rotatable bonds is 6. The van der Waals surface area contributed by atoms with Gasteiger partial charge in [-0.3, -0.25) is 0 Å². The minimum atomic E-state index is 0.590. The van der Waals surface area contributed by atoms with Crippen molar-refractivity contribution >= 4 is 23.2 Å². The molecule has 1 aliphatic rings. The van der Waals surface area contributed by atoms with E-state index in [1.807, 2.05) is 12.1 Å². The highest BCUT2D eigenvalue weighted by molar-refractivity contribution is 6.42. The molecule has 4 heteroatoms. The molecule has 2 aromatic rings. The first-order valence-corrected chi connectivity index (χ1v) is 10.5. The van der Waals surface area contributed by atoms with Crippen molar-refractivity contribution in [2.75, 3.05) is 26.2 Å². The highest BCUT2D eigenvalue weighted by atomic mass is 35.5. The number of terminal acetylenes is 1. The van der Waals surface area contributed by atoms with Crippen LogP contribution < -0.4 is 4.74 Å². The van der Waals surface area contributed by atoms with E-state index >= 15 is 0 Å². The monoisotopic (exact) mass is 417 g/mol. The lowest BCUT2D eigenvalue weighted by Crippen LogP contribution is -2.34. The van der Waals surface area contributed by atoms with Crippen LogP contribution in [0.5, 0.6) is 5.75 Å². The third kappa shape index (κ3) is 6.17. The lowest BCUT2D eigenvalue weighted by molar-refractivity contribution is 0.192. The molecule has 1 aliphatic heterocycles.